The van der Waals surface area contributed by atoms with Gasteiger partial charge in [0.2, 0.25) is 0 Å². The Labute approximate surface area is 110 Å². The topological polar surface area (TPSA) is 53.1 Å². The molecule has 0 aliphatic heterocycles. The number of phenolic OH excluding ortho intramolecular Hbond substituents is 1. The SMILES string of the molecule is O=c1[nH]c2c(c3c1CCCC3)Cc1c(O)cccc1-2. The number of phenols is 1. The van der Waals surface area contributed by atoms with Crippen molar-refractivity contribution in [1.29, 1.82) is 0 Å². The molecule has 0 unspecified atom stereocenters. The predicted molar refractivity (Wildman–Crippen MR) is 73.6 cm³/mol. The van der Waals surface area contributed by atoms with Crippen molar-refractivity contribution in [1.82, 2.24) is 4.98 Å². The second-order valence-corrected chi connectivity index (χ2v) is 5.45. The van der Waals surface area contributed by atoms with Gasteiger partial charge in [0, 0.05) is 23.1 Å². The van der Waals surface area contributed by atoms with Crippen LogP contribution < -0.4 is 5.56 Å². The van der Waals surface area contributed by atoms with Crippen molar-refractivity contribution >= 4 is 0 Å². The average molecular weight is 253 g/mol. The first-order valence-electron chi connectivity index (χ1n) is 6.84. The van der Waals surface area contributed by atoms with Crippen LogP contribution in [-0.4, -0.2) is 10.1 Å². The van der Waals surface area contributed by atoms with Gasteiger partial charge in [0.05, 0.1) is 5.69 Å². The molecule has 2 aliphatic carbocycles. The highest BCUT2D eigenvalue weighted by atomic mass is 16.3. The van der Waals surface area contributed by atoms with Gasteiger partial charge in [-0.2, -0.15) is 0 Å². The van der Waals surface area contributed by atoms with Crippen LogP contribution in [0.3, 0.4) is 0 Å². The molecule has 0 spiro atoms. The Kier molecular flexibility index (Phi) is 2.13. The molecular weight excluding hydrogens is 238 g/mol. The fourth-order valence-corrected chi connectivity index (χ4v) is 3.50. The van der Waals surface area contributed by atoms with E-state index in [9.17, 15) is 9.90 Å². The summed E-state index contributed by atoms with van der Waals surface area (Å²) in [5, 5.41) is 9.98. The van der Waals surface area contributed by atoms with E-state index in [4.69, 9.17) is 0 Å². The van der Waals surface area contributed by atoms with E-state index in [1.165, 1.54) is 11.1 Å². The Morgan fingerprint density at radius 1 is 1.00 bits per heavy atom. The lowest BCUT2D eigenvalue weighted by Crippen LogP contribution is -2.21. The highest BCUT2D eigenvalue weighted by Crippen LogP contribution is 2.41. The summed E-state index contributed by atoms with van der Waals surface area (Å²) in [5.41, 5.74) is 6.36. The molecule has 2 aromatic rings. The monoisotopic (exact) mass is 253 g/mol. The quantitative estimate of drug-likeness (QED) is 0.647. The van der Waals surface area contributed by atoms with Crippen LogP contribution in [0.1, 0.15) is 35.1 Å². The first kappa shape index (κ1) is 10.9. The second-order valence-electron chi connectivity index (χ2n) is 5.45. The number of benzene rings is 1. The molecule has 0 saturated carbocycles. The fraction of sp³-hybridized carbons (Fsp3) is 0.312. The van der Waals surface area contributed by atoms with E-state index in [1.807, 2.05) is 12.1 Å². The first-order valence-corrected chi connectivity index (χ1v) is 6.84. The molecule has 0 atom stereocenters. The van der Waals surface area contributed by atoms with Gasteiger partial charge in [-0.3, -0.25) is 4.79 Å². The maximum atomic E-state index is 12.2. The normalized spacial score (nSPS) is 15.8. The summed E-state index contributed by atoms with van der Waals surface area (Å²) in [5.74, 6) is 0.333. The molecule has 1 heterocycles. The van der Waals surface area contributed by atoms with Crippen LogP contribution in [0.25, 0.3) is 11.3 Å². The van der Waals surface area contributed by atoms with Gasteiger partial charge in [-0.25, -0.2) is 0 Å². The number of pyridine rings is 1. The summed E-state index contributed by atoms with van der Waals surface area (Å²) in [4.78, 5) is 15.2. The Morgan fingerprint density at radius 3 is 2.63 bits per heavy atom. The van der Waals surface area contributed by atoms with Crippen LogP contribution in [0.2, 0.25) is 0 Å². The minimum atomic E-state index is 0.0599. The van der Waals surface area contributed by atoms with Crippen molar-refractivity contribution < 1.29 is 5.11 Å². The molecule has 0 saturated heterocycles. The molecule has 0 fully saturated rings. The van der Waals surface area contributed by atoms with Crippen LogP contribution in [0.15, 0.2) is 23.0 Å². The van der Waals surface area contributed by atoms with Crippen molar-refractivity contribution in [2.75, 3.05) is 0 Å². The molecule has 0 amide bonds. The van der Waals surface area contributed by atoms with Crippen LogP contribution in [-0.2, 0) is 19.3 Å². The molecule has 4 rings (SSSR count). The van der Waals surface area contributed by atoms with Crippen molar-refractivity contribution in [3.8, 4) is 17.0 Å². The maximum Gasteiger partial charge on any atom is 0.251 e. The number of rotatable bonds is 0. The molecule has 3 heteroatoms. The van der Waals surface area contributed by atoms with Gasteiger partial charge < -0.3 is 10.1 Å². The van der Waals surface area contributed by atoms with E-state index in [-0.39, 0.29) is 5.56 Å². The minimum Gasteiger partial charge on any atom is -0.508 e. The maximum absolute atomic E-state index is 12.2. The van der Waals surface area contributed by atoms with Gasteiger partial charge in [0.1, 0.15) is 5.75 Å². The summed E-state index contributed by atoms with van der Waals surface area (Å²) in [7, 11) is 0. The standard InChI is InChI=1S/C16H15NO2/c18-14-7-3-6-10-12(14)8-13-9-4-1-2-5-11(9)16(19)17-15(10)13/h3,6-7,18H,1-2,4-5,8H2,(H,17,19). The lowest BCUT2D eigenvalue weighted by atomic mass is 9.88. The number of aromatic hydroxyl groups is 1. The van der Waals surface area contributed by atoms with Gasteiger partial charge in [-0.15, -0.1) is 0 Å². The van der Waals surface area contributed by atoms with Gasteiger partial charge in [-0.1, -0.05) is 12.1 Å². The molecule has 3 nitrogen and oxygen atoms in total. The zero-order chi connectivity index (χ0) is 13.0. The Balaban J connectivity index is 2.03. The number of aromatic nitrogens is 1. The molecule has 2 N–H and O–H groups in total. The lowest BCUT2D eigenvalue weighted by Gasteiger charge is -2.18. The Morgan fingerprint density at radius 2 is 1.79 bits per heavy atom. The fourth-order valence-electron chi connectivity index (χ4n) is 3.50. The third-order valence-corrected chi connectivity index (χ3v) is 4.42. The molecule has 96 valence electrons. The molecule has 2 aliphatic rings. The highest BCUT2D eigenvalue weighted by Gasteiger charge is 2.28. The first-order chi connectivity index (χ1) is 9.25. The van der Waals surface area contributed by atoms with E-state index in [2.05, 4.69) is 4.98 Å². The Hall–Kier alpha value is -2.03. The zero-order valence-corrected chi connectivity index (χ0v) is 10.6. The summed E-state index contributed by atoms with van der Waals surface area (Å²) < 4.78 is 0. The Bertz CT molecular complexity index is 743. The third-order valence-electron chi connectivity index (χ3n) is 4.42. The van der Waals surface area contributed by atoms with Crippen LogP contribution in [0.4, 0.5) is 0 Å². The summed E-state index contributed by atoms with van der Waals surface area (Å²) >= 11 is 0. The number of hydrogen-bond acceptors (Lipinski definition) is 2. The molecule has 19 heavy (non-hydrogen) atoms. The van der Waals surface area contributed by atoms with Crippen molar-refractivity contribution in [3.05, 3.63) is 50.8 Å². The van der Waals surface area contributed by atoms with Crippen molar-refractivity contribution in [2.24, 2.45) is 0 Å². The van der Waals surface area contributed by atoms with E-state index in [1.54, 1.807) is 6.07 Å². The molecule has 1 aromatic carbocycles. The lowest BCUT2D eigenvalue weighted by molar-refractivity contribution is 0.470. The highest BCUT2D eigenvalue weighted by molar-refractivity contribution is 5.77. The van der Waals surface area contributed by atoms with E-state index in [0.29, 0.717) is 5.75 Å². The van der Waals surface area contributed by atoms with Crippen molar-refractivity contribution in [3.63, 3.8) is 0 Å². The summed E-state index contributed by atoms with van der Waals surface area (Å²) in [6.07, 6.45) is 4.89. The molecule has 1 aromatic heterocycles. The minimum absolute atomic E-state index is 0.0599. The van der Waals surface area contributed by atoms with E-state index < -0.39 is 0 Å². The van der Waals surface area contributed by atoms with Gasteiger partial charge in [-0.05, 0) is 42.9 Å². The number of H-pyrrole nitrogens is 1. The number of hydrogen-bond donors (Lipinski definition) is 2. The number of nitrogens with one attached hydrogen (secondary N) is 1. The zero-order valence-electron chi connectivity index (χ0n) is 10.6. The van der Waals surface area contributed by atoms with Gasteiger partial charge in [0.15, 0.2) is 0 Å². The number of aromatic amines is 1. The summed E-state index contributed by atoms with van der Waals surface area (Å²) in [6.45, 7) is 0. The van der Waals surface area contributed by atoms with Crippen LogP contribution >= 0.6 is 0 Å². The summed E-state index contributed by atoms with van der Waals surface area (Å²) in [6, 6.07) is 5.53. The number of fused-ring (bicyclic) bond motifs is 5. The van der Waals surface area contributed by atoms with E-state index >= 15 is 0 Å². The van der Waals surface area contributed by atoms with E-state index in [0.717, 1.165) is 54.5 Å². The van der Waals surface area contributed by atoms with Crippen molar-refractivity contribution in [2.45, 2.75) is 32.1 Å². The van der Waals surface area contributed by atoms with Gasteiger partial charge in [0.25, 0.3) is 5.56 Å². The average Bonchev–Trinajstić information content (AvgIpc) is 2.80. The predicted octanol–water partition coefficient (Wildman–Crippen LogP) is 2.53. The largest absolute Gasteiger partial charge is 0.508 e. The molecular formula is C16H15NO2. The smallest absolute Gasteiger partial charge is 0.251 e. The van der Waals surface area contributed by atoms with Gasteiger partial charge >= 0.3 is 0 Å². The third kappa shape index (κ3) is 1.41. The second kappa shape index (κ2) is 3.73. The van der Waals surface area contributed by atoms with Crippen LogP contribution in [0.5, 0.6) is 5.75 Å². The molecule has 0 radical (unpaired) electrons. The molecule has 0 bridgehead atoms. The van der Waals surface area contributed by atoms with Crippen LogP contribution in [0, 0.1) is 0 Å².